The summed E-state index contributed by atoms with van der Waals surface area (Å²) in [6, 6.07) is 13.0. The first-order chi connectivity index (χ1) is 15.0. The summed E-state index contributed by atoms with van der Waals surface area (Å²) in [4.78, 5) is 14.6. The number of rotatable bonds is 10. The van der Waals surface area contributed by atoms with E-state index in [-0.39, 0.29) is 5.91 Å². The number of hydrogen-bond donors (Lipinski definition) is 0. The Morgan fingerprint density at radius 2 is 1.77 bits per heavy atom. The molecule has 0 bridgehead atoms. The molecule has 1 heterocycles. The smallest absolute Gasteiger partial charge is 0.266 e. The van der Waals surface area contributed by atoms with Crippen molar-refractivity contribution in [3.05, 3.63) is 52.9 Å². The molecule has 0 radical (unpaired) electrons. The molecule has 0 spiro atoms. The molecular formula is C23H25NO5S2. The van der Waals surface area contributed by atoms with Gasteiger partial charge in [-0.25, -0.2) is 0 Å². The van der Waals surface area contributed by atoms with E-state index in [1.54, 1.807) is 12.0 Å². The van der Waals surface area contributed by atoms with Gasteiger partial charge in [0, 0.05) is 12.6 Å². The van der Waals surface area contributed by atoms with E-state index in [4.69, 9.17) is 31.2 Å². The van der Waals surface area contributed by atoms with Crippen LogP contribution >= 0.6 is 24.0 Å². The molecule has 0 aliphatic carbocycles. The van der Waals surface area contributed by atoms with Gasteiger partial charge in [-0.15, -0.1) is 0 Å². The molecule has 1 aliphatic rings. The van der Waals surface area contributed by atoms with Crippen LogP contribution in [0.4, 0.5) is 0 Å². The number of hydrogen-bond acceptors (Lipinski definition) is 7. The molecule has 0 atom stereocenters. The third-order valence-corrected chi connectivity index (χ3v) is 5.78. The molecule has 3 rings (SSSR count). The van der Waals surface area contributed by atoms with Crippen molar-refractivity contribution in [1.82, 2.24) is 4.90 Å². The topological polar surface area (TPSA) is 57.2 Å². The van der Waals surface area contributed by atoms with Crippen LogP contribution in [0.5, 0.6) is 23.0 Å². The van der Waals surface area contributed by atoms with Gasteiger partial charge in [0.15, 0.2) is 11.5 Å². The maximum atomic E-state index is 12.4. The fourth-order valence-electron chi connectivity index (χ4n) is 2.93. The van der Waals surface area contributed by atoms with Crippen molar-refractivity contribution in [1.29, 1.82) is 0 Å². The summed E-state index contributed by atoms with van der Waals surface area (Å²) >= 11 is 6.58. The molecule has 2 aromatic rings. The summed E-state index contributed by atoms with van der Waals surface area (Å²) in [5.74, 6) is 2.62. The maximum Gasteiger partial charge on any atom is 0.266 e. The highest BCUT2D eigenvalue weighted by molar-refractivity contribution is 8.26. The minimum absolute atomic E-state index is 0.0644. The fourth-order valence-corrected chi connectivity index (χ4v) is 4.31. The van der Waals surface area contributed by atoms with Crippen molar-refractivity contribution in [3.8, 4) is 23.0 Å². The number of methoxy groups -OCH3 is 1. The number of carbonyl (C=O) groups is 1. The highest BCUT2D eigenvalue weighted by atomic mass is 32.2. The van der Waals surface area contributed by atoms with Crippen molar-refractivity contribution in [2.24, 2.45) is 0 Å². The Bertz CT molecular complexity index is 976. The standard InChI is InChI=1S/C23H25NO5S2/c1-4-24-22(25)21(31-23(24)30)14-16-9-10-19(20(13-16)27-5-2)29-12-11-28-18-8-6-7-17(15-18)26-3/h6-10,13-15H,4-5,11-12H2,1-3H3. The summed E-state index contributed by atoms with van der Waals surface area (Å²) in [5, 5.41) is 0. The first-order valence-electron chi connectivity index (χ1n) is 9.97. The largest absolute Gasteiger partial charge is 0.497 e. The summed E-state index contributed by atoms with van der Waals surface area (Å²) in [6.45, 7) is 5.61. The van der Waals surface area contributed by atoms with Gasteiger partial charge in [0.2, 0.25) is 0 Å². The van der Waals surface area contributed by atoms with Gasteiger partial charge >= 0.3 is 0 Å². The average Bonchev–Trinajstić information content (AvgIpc) is 3.04. The fraction of sp³-hybridized carbons (Fsp3) is 0.304. The molecule has 0 N–H and O–H groups in total. The van der Waals surface area contributed by atoms with Crippen LogP contribution in [0.25, 0.3) is 6.08 Å². The molecule has 8 heteroatoms. The first-order valence-corrected chi connectivity index (χ1v) is 11.2. The third kappa shape index (κ3) is 5.92. The van der Waals surface area contributed by atoms with E-state index in [0.717, 1.165) is 11.3 Å². The van der Waals surface area contributed by atoms with E-state index >= 15 is 0 Å². The molecule has 6 nitrogen and oxygen atoms in total. The Morgan fingerprint density at radius 3 is 2.48 bits per heavy atom. The van der Waals surface area contributed by atoms with E-state index in [0.29, 0.717) is 52.8 Å². The molecule has 164 valence electrons. The van der Waals surface area contributed by atoms with Crippen LogP contribution in [0, 0.1) is 0 Å². The molecule has 1 aliphatic heterocycles. The molecule has 0 aromatic heterocycles. The second kappa shape index (κ2) is 11.1. The number of thiocarbonyl (C=S) groups is 1. The molecule has 0 unspecified atom stereocenters. The predicted octanol–water partition coefficient (Wildman–Crippen LogP) is 4.77. The maximum absolute atomic E-state index is 12.4. The summed E-state index contributed by atoms with van der Waals surface area (Å²) in [6.07, 6.45) is 1.83. The van der Waals surface area contributed by atoms with Crippen LogP contribution in [0.1, 0.15) is 19.4 Å². The van der Waals surface area contributed by atoms with Gasteiger partial charge in [0.25, 0.3) is 5.91 Å². The minimum Gasteiger partial charge on any atom is -0.497 e. The summed E-state index contributed by atoms with van der Waals surface area (Å²) < 4.78 is 23.1. The van der Waals surface area contributed by atoms with Gasteiger partial charge in [-0.2, -0.15) is 0 Å². The Kier molecular flexibility index (Phi) is 8.20. The number of benzene rings is 2. The molecular weight excluding hydrogens is 434 g/mol. The Labute approximate surface area is 192 Å². The van der Waals surface area contributed by atoms with Crippen molar-refractivity contribution >= 4 is 40.3 Å². The lowest BCUT2D eigenvalue weighted by atomic mass is 10.2. The second-order valence-electron chi connectivity index (χ2n) is 6.44. The van der Waals surface area contributed by atoms with Gasteiger partial charge in [0.05, 0.1) is 18.6 Å². The normalized spacial score (nSPS) is 14.8. The molecule has 1 fully saturated rings. The Morgan fingerprint density at radius 1 is 1.00 bits per heavy atom. The number of ether oxygens (including phenoxy) is 4. The van der Waals surface area contributed by atoms with E-state index in [1.165, 1.54) is 11.8 Å². The number of thioether (sulfide) groups is 1. The van der Waals surface area contributed by atoms with Gasteiger partial charge in [-0.3, -0.25) is 9.69 Å². The monoisotopic (exact) mass is 459 g/mol. The van der Waals surface area contributed by atoms with E-state index < -0.39 is 0 Å². The highest BCUT2D eigenvalue weighted by Crippen LogP contribution is 2.34. The van der Waals surface area contributed by atoms with E-state index in [2.05, 4.69) is 0 Å². The minimum atomic E-state index is -0.0644. The zero-order valence-electron chi connectivity index (χ0n) is 17.8. The molecule has 1 saturated heterocycles. The molecule has 2 aromatic carbocycles. The van der Waals surface area contributed by atoms with Gasteiger partial charge in [-0.1, -0.05) is 36.1 Å². The zero-order chi connectivity index (χ0) is 22.2. The van der Waals surface area contributed by atoms with Gasteiger partial charge in [0.1, 0.15) is 29.0 Å². The van der Waals surface area contributed by atoms with E-state index in [1.807, 2.05) is 62.4 Å². The van der Waals surface area contributed by atoms with E-state index in [9.17, 15) is 4.79 Å². The quantitative estimate of drug-likeness (QED) is 0.288. The third-order valence-electron chi connectivity index (χ3n) is 4.41. The van der Waals surface area contributed by atoms with Crippen molar-refractivity contribution in [3.63, 3.8) is 0 Å². The van der Waals surface area contributed by atoms with Crippen molar-refractivity contribution < 1.29 is 23.7 Å². The summed E-state index contributed by atoms with van der Waals surface area (Å²) in [5.41, 5.74) is 0.847. The number of nitrogens with zero attached hydrogens (tertiary/aromatic N) is 1. The lowest BCUT2D eigenvalue weighted by Crippen LogP contribution is -2.27. The second-order valence-corrected chi connectivity index (χ2v) is 8.12. The Balaban J connectivity index is 1.64. The van der Waals surface area contributed by atoms with Crippen LogP contribution in [-0.2, 0) is 4.79 Å². The number of carbonyl (C=O) groups excluding carboxylic acids is 1. The van der Waals surface area contributed by atoms with Crippen LogP contribution in [0.2, 0.25) is 0 Å². The van der Waals surface area contributed by atoms with Crippen LogP contribution in [-0.4, -0.2) is 48.6 Å². The molecule has 31 heavy (non-hydrogen) atoms. The lowest BCUT2D eigenvalue weighted by molar-refractivity contribution is -0.121. The molecule has 1 amide bonds. The SMILES string of the molecule is CCOc1cc(C=C2SC(=S)N(CC)C2=O)ccc1OCCOc1cccc(OC)c1. The Hall–Kier alpha value is -2.71. The molecule has 0 saturated carbocycles. The average molecular weight is 460 g/mol. The summed E-state index contributed by atoms with van der Waals surface area (Å²) in [7, 11) is 1.62. The van der Waals surface area contributed by atoms with Gasteiger partial charge in [-0.05, 0) is 49.8 Å². The van der Waals surface area contributed by atoms with Crippen LogP contribution in [0.15, 0.2) is 47.4 Å². The van der Waals surface area contributed by atoms with Crippen LogP contribution < -0.4 is 18.9 Å². The zero-order valence-corrected chi connectivity index (χ0v) is 19.4. The first kappa shape index (κ1) is 23.0. The van der Waals surface area contributed by atoms with Crippen LogP contribution in [0.3, 0.4) is 0 Å². The lowest BCUT2D eigenvalue weighted by Gasteiger charge is -2.13. The number of likely N-dealkylation sites (N-methyl/N-ethyl adjacent to an activating group) is 1. The number of amides is 1. The highest BCUT2D eigenvalue weighted by Gasteiger charge is 2.30. The van der Waals surface area contributed by atoms with Crippen molar-refractivity contribution in [2.45, 2.75) is 13.8 Å². The predicted molar refractivity (Wildman–Crippen MR) is 127 cm³/mol. The van der Waals surface area contributed by atoms with Crippen molar-refractivity contribution in [2.75, 3.05) is 33.5 Å². The van der Waals surface area contributed by atoms with Gasteiger partial charge < -0.3 is 18.9 Å².